The van der Waals surface area contributed by atoms with E-state index < -0.39 is 11.6 Å². The average molecular weight is 299 g/mol. The minimum absolute atomic E-state index is 0.0758. The van der Waals surface area contributed by atoms with Gasteiger partial charge >= 0.3 is 0 Å². The van der Waals surface area contributed by atoms with Crippen LogP contribution < -0.4 is 4.90 Å². The lowest BCUT2D eigenvalue weighted by molar-refractivity contribution is 0.104. The third-order valence-corrected chi connectivity index (χ3v) is 3.76. The Labute approximate surface area is 127 Å². The van der Waals surface area contributed by atoms with E-state index in [-0.39, 0.29) is 11.5 Å². The first-order valence-corrected chi connectivity index (χ1v) is 6.97. The molecule has 0 saturated heterocycles. The number of Topliss-reactive ketones (excluding diaryl/α,β-unsaturated/α-hetero) is 1. The largest absolute Gasteiger partial charge is 0.373 e. The molecule has 0 atom stereocenters. The maximum absolute atomic E-state index is 14.0. The van der Waals surface area contributed by atoms with Gasteiger partial charge in [0.2, 0.25) is 0 Å². The lowest BCUT2D eigenvalue weighted by Crippen LogP contribution is -2.13. The van der Waals surface area contributed by atoms with Crippen molar-refractivity contribution in [3.63, 3.8) is 0 Å². The zero-order chi connectivity index (χ0) is 15.9. The standard InChI is InChI=1S/C18H15F2NO/c1-21(2)17-15(19)8-11(9-16(17)20)7-13-10-12-5-3-4-6-14(12)18(13)22/h3-9H,10H2,1-2H3/b13-7+. The van der Waals surface area contributed by atoms with Gasteiger partial charge in [0.1, 0.15) is 17.3 Å². The van der Waals surface area contributed by atoms with Crippen LogP contribution in [0.25, 0.3) is 6.08 Å². The first-order chi connectivity index (χ1) is 10.5. The molecule has 0 aromatic heterocycles. The molecule has 0 fully saturated rings. The Morgan fingerprint density at radius 2 is 1.73 bits per heavy atom. The van der Waals surface area contributed by atoms with Crippen LogP contribution in [0.3, 0.4) is 0 Å². The molecule has 3 rings (SSSR count). The van der Waals surface area contributed by atoms with Crippen LogP contribution in [0.4, 0.5) is 14.5 Å². The van der Waals surface area contributed by atoms with Gasteiger partial charge in [-0.25, -0.2) is 8.78 Å². The van der Waals surface area contributed by atoms with Gasteiger partial charge in [0.15, 0.2) is 5.78 Å². The van der Waals surface area contributed by atoms with Gasteiger partial charge in [-0.1, -0.05) is 24.3 Å². The molecule has 0 amide bonds. The molecule has 2 aromatic rings. The third-order valence-electron chi connectivity index (χ3n) is 3.76. The van der Waals surface area contributed by atoms with Gasteiger partial charge in [0, 0.05) is 31.7 Å². The van der Waals surface area contributed by atoms with Crippen LogP contribution in [0.5, 0.6) is 0 Å². The summed E-state index contributed by atoms with van der Waals surface area (Å²) in [6.45, 7) is 0. The molecule has 4 heteroatoms. The van der Waals surface area contributed by atoms with Crippen LogP contribution in [0.15, 0.2) is 42.0 Å². The van der Waals surface area contributed by atoms with Crippen LogP contribution in [0, 0.1) is 11.6 Å². The summed E-state index contributed by atoms with van der Waals surface area (Å²) in [6, 6.07) is 9.85. The van der Waals surface area contributed by atoms with Crippen LogP contribution >= 0.6 is 0 Å². The smallest absolute Gasteiger partial charge is 0.189 e. The molecule has 0 spiro atoms. The van der Waals surface area contributed by atoms with Crippen molar-refractivity contribution in [1.29, 1.82) is 0 Å². The van der Waals surface area contributed by atoms with Crippen molar-refractivity contribution in [2.75, 3.05) is 19.0 Å². The van der Waals surface area contributed by atoms with Gasteiger partial charge in [0.25, 0.3) is 0 Å². The van der Waals surface area contributed by atoms with E-state index in [0.717, 1.165) is 5.56 Å². The summed E-state index contributed by atoms with van der Waals surface area (Å²) in [7, 11) is 3.16. The number of benzene rings is 2. The van der Waals surface area contributed by atoms with Crippen molar-refractivity contribution < 1.29 is 13.6 Å². The SMILES string of the molecule is CN(C)c1c(F)cc(/C=C2\Cc3ccccc3C2=O)cc1F. The van der Waals surface area contributed by atoms with Crippen molar-refractivity contribution in [2.45, 2.75) is 6.42 Å². The maximum Gasteiger partial charge on any atom is 0.189 e. The highest BCUT2D eigenvalue weighted by Crippen LogP contribution is 2.29. The van der Waals surface area contributed by atoms with E-state index in [1.165, 1.54) is 17.0 Å². The summed E-state index contributed by atoms with van der Waals surface area (Å²) in [5.74, 6) is -1.35. The molecule has 0 unspecified atom stereocenters. The summed E-state index contributed by atoms with van der Waals surface area (Å²) in [6.07, 6.45) is 2.06. The summed E-state index contributed by atoms with van der Waals surface area (Å²) >= 11 is 0. The number of carbonyl (C=O) groups excluding carboxylic acids is 1. The van der Waals surface area contributed by atoms with Gasteiger partial charge in [-0.15, -0.1) is 0 Å². The van der Waals surface area contributed by atoms with Gasteiger partial charge in [-0.2, -0.15) is 0 Å². The van der Waals surface area contributed by atoms with E-state index in [1.807, 2.05) is 18.2 Å². The molecule has 1 aliphatic rings. The number of allylic oxidation sites excluding steroid dienone is 1. The van der Waals surface area contributed by atoms with E-state index in [9.17, 15) is 13.6 Å². The van der Waals surface area contributed by atoms with Gasteiger partial charge < -0.3 is 4.90 Å². The van der Waals surface area contributed by atoms with Crippen molar-refractivity contribution in [2.24, 2.45) is 0 Å². The van der Waals surface area contributed by atoms with Crippen LogP contribution in [-0.2, 0) is 6.42 Å². The fourth-order valence-electron chi connectivity index (χ4n) is 2.77. The van der Waals surface area contributed by atoms with Crippen molar-refractivity contribution in [3.8, 4) is 0 Å². The first-order valence-electron chi connectivity index (χ1n) is 6.97. The molecule has 0 radical (unpaired) electrons. The highest BCUT2D eigenvalue weighted by molar-refractivity contribution is 6.15. The number of carbonyl (C=O) groups is 1. The highest BCUT2D eigenvalue weighted by atomic mass is 19.1. The molecular weight excluding hydrogens is 284 g/mol. The summed E-state index contributed by atoms with van der Waals surface area (Å²) in [4.78, 5) is 13.7. The lowest BCUT2D eigenvalue weighted by Gasteiger charge is -2.15. The lowest BCUT2D eigenvalue weighted by atomic mass is 10.1. The molecule has 22 heavy (non-hydrogen) atoms. The fraction of sp³-hybridized carbons (Fsp3) is 0.167. The van der Waals surface area contributed by atoms with Crippen molar-refractivity contribution >= 4 is 17.5 Å². The molecule has 0 aliphatic heterocycles. The number of halogens is 2. The number of nitrogens with zero attached hydrogens (tertiary/aromatic N) is 1. The quantitative estimate of drug-likeness (QED) is 0.785. The highest BCUT2D eigenvalue weighted by Gasteiger charge is 2.24. The van der Waals surface area contributed by atoms with Crippen molar-refractivity contribution in [3.05, 3.63) is 70.3 Å². The van der Waals surface area contributed by atoms with Crippen LogP contribution in [0.2, 0.25) is 0 Å². The van der Waals surface area contributed by atoms with Gasteiger partial charge in [0.05, 0.1) is 0 Å². The minimum atomic E-state index is -0.639. The van der Waals surface area contributed by atoms with E-state index in [1.54, 1.807) is 26.2 Å². The zero-order valence-electron chi connectivity index (χ0n) is 12.4. The van der Waals surface area contributed by atoms with E-state index in [4.69, 9.17) is 0 Å². The Balaban J connectivity index is 2.00. The summed E-state index contributed by atoms with van der Waals surface area (Å²) in [5, 5.41) is 0. The zero-order valence-corrected chi connectivity index (χ0v) is 12.4. The number of fused-ring (bicyclic) bond motifs is 1. The molecule has 0 saturated carbocycles. The molecule has 0 bridgehead atoms. The van der Waals surface area contributed by atoms with E-state index >= 15 is 0 Å². The summed E-state index contributed by atoms with van der Waals surface area (Å²) in [5.41, 5.74) is 2.45. The number of hydrogen-bond acceptors (Lipinski definition) is 2. The normalized spacial score (nSPS) is 15.3. The topological polar surface area (TPSA) is 20.3 Å². The van der Waals surface area contributed by atoms with E-state index in [0.29, 0.717) is 23.1 Å². The number of hydrogen-bond donors (Lipinski definition) is 0. The fourth-order valence-corrected chi connectivity index (χ4v) is 2.77. The molecule has 2 aromatic carbocycles. The first kappa shape index (κ1) is 14.4. The predicted molar refractivity (Wildman–Crippen MR) is 83.1 cm³/mol. The average Bonchev–Trinajstić information content (AvgIpc) is 2.75. The number of rotatable bonds is 2. The second-order valence-electron chi connectivity index (χ2n) is 5.56. The Bertz CT molecular complexity index is 770. The predicted octanol–water partition coefficient (Wildman–Crippen LogP) is 3.85. The molecular formula is C18H15F2NO. The molecule has 0 N–H and O–H groups in total. The molecule has 2 nitrogen and oxygen atoms in total. The number of ketones is 1. The monoisotopic (exact) mass is 299 g/mol. The minimum Gasteiger partial charge on any atom is -0.373 e. The molecule has 1 aliphatic carbocycles. The number of anilines is 1. The molecule has 112 valence electrons. The van der Waals surface area contributed by atoms with Gasteiger partial charge in [-0.05, 0) is 29.3 Å². The Hall–Kier alpha value is -2.49. The van der Waals surface area contributed by atoms with E-state index in [2.05, 4.69) is 0 Å². The maximum atomic E-state index is 14.0. The second-order valence-corrected chi connectivity index (χ2v) is 5.56. The third kappa shape index (κ3) is 2.41. The second kappa shape index (κ2) is 5.37. The molecule has 0 heterocycles. The summed E-state index contributed by atoms with van der Waals surface area (Å²) < 4.78 is 28.0. The Kier molecular flexibility index (Phi) is 3.53. The van der Waals surface area contributed by atoms with Crippen LogP contribution in [-0.4, -0.2) is 19.9 Å². The van der Waals surface area contributed by atoms with Gasteiger partial charge in [-0.3, -0.25) is 4.79 Å². The Morgan fingerprint density at radius 3 is 2.32 bits per heavy atom. The van der Waals surface area contributed by atoms with Crippen LogP contribution in [0.1, 0.15) is 21.5 Å². The Morgan fingerprint density at radius 1 is 1.09 bits per heavy atom. The van der Waals surface area contributed by atoms with Crippen molar-refractivity contribution in [1.82, 2.24) is 0 Å².